The van der Waals surface area contributed by atoms with Crippen LogP contribution in [0.1, 0.15) is 38.8 Å². The van der Waals surface area contributed by atoms with Gasteiger partial charge in [-0.2, -0.15) is 0 Å². The maximum absolute atomic E-state index is 12.2. The largest absolute Gasteiger partial charge is 0.441 e. The fourth-order valence-electron chi connectivity index (χ4n) is 2.61. The summed E-state index contributed by atoms with van der Waals surface area (Å²) in [4.78, 5) is 30.6. The minimum atomic E-state index is -0.187. The van der Waals surface area contributed by atoms with Crippen molar-refractivity contribution in [1.82, 2.24) is 4.98 Å². The molecule has 0 aliphatic heterocycles. The molecule has 0 radical (unpaired) electrons. The van der Waals surface area contributed by atoms with Gasteiger partial charge in [0.1, 0.15) is 5.52 Å². The van der Waals surface area contributed by atoms with E-state index in [1.807, 2.05) is 19.9 Å². The molecule has 0 aliphatic rings. The van der Waals surface area contributed by atoms with Crippen molar-refractivity contribution in [2.75, 3.05) is 5.32 Å². The van der Waals surface area contributed by atoms with Gasteiger partial charge in [-0.1, -0.05) is 0 Å². The predicted octanol–water partition coefficient (Wildman–Crippen LogP) is 4.42. The molecule has 0 bridgehead atoms. The first kappa shape index (κ1) is 16.4. The van der Waals surface area contributed by atoms with Gasteiger partial charge in [0.25, 0.3) is 0 Å². The predicted molar refractivity (Wildman–Crippen MR) is 94.7 cm³/mol. The Kier molecular flexibility index (Phi) is 4.49. The molecule has 0 saturated heterocycles. The van der Waals surface area contributed by atoms with Crippen LogP contribution in [-0.2, 0) is 4.79 Å². The molecule has 0 saturated carbocycles. The van der Waals surface area contributed by atoms with Crippen LogP contribution in [0.25, 0.3) is 11.1 Å². The highest BCUT2D eigenvalue weighted by Crippen LogP contribution is 2.23. The van der Waals surface area contributed by atoms with Gasteiger partial charge in [0, 0.05) is 40.8 Å². The zero-order valence-electron chi connectivity index (χ0n) is 13.8. The number of Topliss-reactive ketones (excluding diaryl/α,β-unsaturated/α-hetero) is 1. The SMILES string of the molecule is Cc1nc2cc(NC(=O)CCC(=O)c3cc(C)sc3C)ccc2o1. The van der Waals surface area contributed by atoms with Crippen LogP contribution in [0.5, 0.6) is 0 Å². The van der Waals surface area contributed by atoms with Crippen molar-refractivity contribution in [2.45, 2.75) is 33.6 Å². The van der Waals surface area contributed by atoms with E-state index in [-0.39, 0.29) is 24.5 Å². The van der Waals surface area contributed by atoms with Crippen LogP contribution in [0, 0.1) is 20.8 Å². The summed E-state index contributed by atoms with van der Waals surface area (Å²) in [6.45, 7) is 5.68. The molecule has 0 fully saturated rings. The number of carbonyl (C=O) groups excluding carboxylic acids is 2. The molecule has 1 aromatic carbocycles. The highest BCUT2D eigenvalue weighted by Gasteiger charge is 2.14. The molecule has 2 heterocycles. The van der Waals surface area contributed by atoms with E-state index in [0.29, 0.717) is 22.7 Å². The average molecular weight is 342 g/mol. The molecule has 124 valence electrons. The molecule has 6 heteroatoms. The molecule has 0 spiro atoms. The highest BCUT2D eigenvalue weighted by molar-refractivity contribution is 7.12. The number of carbonyl (C=O) groups is 2. The number of anilines is 1. The molecule has 1 amide bonds. The van der Waals surface area contributed by atoms with E-state index >= 15 is 0 Å². The number of rotatable bonds is 5. The van der Waals surface area contributed by atoms with Gasteiger partial charge in [-0.25, -0.2) is 4.98 Å². The fraction of sp³-hybridized carbons (Fsp3) is 0.278. The van der Waals surface area contributed by atoms with Crippen LogP contribution in [0.2, 0.25) is 0 Å². The van der Waals surface area contributed by atoms with E-state index < -0.39 is 0 Å². The first-order chi connectivity index (χ1) is 11.4. The molecule has 0 aliphatic carbocycles. The third-order valence-corrected chi connectivity index (χ3v) is 4.66. The van der Waals surface area contributed by atoms with Gasteiger partial charge >= 0.3 is 0 Å². The molecule has 5 nitrogen and oxygen atoms in total. The molecule has 3 rings (SSSR count). The molecular weight excluding hydrogens is 324 g/mol. The molecule has 24 heavy (non-hydrogen) atoms. The zero-order chi connectivity index (χ0) is 17.3. The Morgan fingerprint density at radius 2 is 1.96 bits per heavy atom. The quantitative estimate of drug-likeness (QED) is 0.697. The van der Waals surface area contributed by atoms with E-state index in [1.165, 1.54) is 0 Å². The molecule has 1 N–H and O–H groups in total. The smallest absolute Gasteiger partial charge is 0.224 e. The molecule has 3 aromatic rings. The van der Waals surface area contributed by atoms with Gasteiger partial charge < -0.3 is 9.73 Å². The number of hydrogen-bond donors (Lipinski definition) is 1. The first-order valence-corrected chi connectivity index (χ1v) is 8.51. The second-order valence-corrected chi connectivity index (χ2v) is 7.17. The van der Waals surface area contributed by atoms with Crippen molar-refractivity contribution in [3.05, 3.63) is 45.5 Å². The minimum absolute atomic E-state index is 0.00887. The number of ketones is 1. The van der Waals surface area contributed by atoms with Crippen LogP contribution >= 0.6 is 11.3 Å². The lowest BCUT2D eigenvalue weighted by Crippen LogP contribution is -2.13. The van der Waals surface area contributed by atoms with Crippen molar-refractivity contribution >= 4 is 39.8 Å². The topological polar surface area (TPSA) is 72.2 Å². The Labute approximate surface area is 143 Å². The van der Waals surface area contributed by atoms with E-state index in [2.05, 4.69) is 10.3 Å². The summed E-state index contributed by atoms with van der Waals surface area (Å²) in [6, 6.07) is 7.19. The summed E-state index contributed by atoms with van der Waals surface area (Å²) in [5.41, 5.74) is 2.76. The van der Waals surface area contributed by atoms with Crippen molar-refractivity contribution in [2.24, 2.45) is 0 Å². The normalized spacial score (nSPS) is 11.0. The lowest BCUT2D eigenvalue weighted by Gasteiger charge is -2.04. The summed E-state index contributed by atoms with van der Waals surface area (Å²) in [7, 11) is 0. The number of oxazole rings is 1. The van der Waals surface area contributed by atoms with E-state index in [9.17, 15) is 9.59 Å². The van der Waals surface area contributed by atoms with Crippen LogP contribution < -0.4 is 5.32 Å². The summed E-state index contributed by atoms with van der Waals surface area (Å²) < 4.78 is 5.40. The number of nitrogens with zero attached hydrogens (tertiary/aromatic N) is 1. The molecular formula is C18H18N2O3S. The highest BCUT2D eigenvalue weighted by atomic mass is 32.1. The van der Waals surface area contributed by atoms with Gasteiger partial charge in [-0.15, -0.1) is 11.3 Å². The molecule has 0 atom stereocenters. The van der Waals surface area contributed by atoms with Crippen molar-refractivity contribution in [3.8, 4) is 0 Å². The van der Waals surface area contributed by atoms with Gasteiger partial charge in [-0.05, 0) is 38.1 Å². The van der Waals surface area contributed by atoms with Gasteiger partial charge in [0.2, 0.25) is 5.91 Å². The molecule has 0 unspecified atom stereocenters. The number of amides is 1. The number of aromatic nitrogens is 1. The zero-order valence-corrected chi connectivity index (χ0v) is 14.6. The summed E-state index contributed by atoms with van der Waals surface area (Å²) >= 11 is 1.60. The van der Waals surface area contributed by atoms with Crippen molar-refractivity contribution < 1.29 is 14.0 Å². The van der Waals surface area contributed by atoms with Crippen molar-refractivity contribution in [3.63, 3.8) is 0 Å². The number of thiophene rings is 1. The first-order valence-electron chi connectivity index (χ1n) is 7.69. The average Bonchev–Trinajstić information content (AvgIpc) is 3.05. The van der Waals surface area contributed by atoms with E-state index in [0.717, 1.165) is 15.3 Å². The van der Waals surface area contributed by atoms with Gasteiger partial charge in [-0.3, -0.25) is 9.59 Å². The Hall–Kier alpha value is -2.47. The van der Waals surface area contributed by atoms with Crippen LogP contribution in [0.15, 0.2) is 28.7 Å². The van der Waals surface area contributed by atoms with E-state index in [1.54, 1.807) is 36.5 Å². The summed E-state index contributed by atoms with van der Waals surface area (Å²) in [5, 5.41) is 2.80. The second-order valence-electron chi connectivity index (χ2n) is 5.71. The maximum Gasteiger partial charge on any atom is 0.224 e. The van der Waals surface area contributed by atoms with Crippen LogP contribution in [0.3, 0.4) is 0 Å². The Balaban J connectivity index is 1.60. The maximum atomic E-state index is 12.2. The monoisotopic (exact) mass is 342 g/mol. The third-order valence-electron chi connectivity index (χ3n) is 3.70. The lowest BCUT2D eigenvalue weighted by atomic mass is 10.1. The fourth-order valence-corrected chi connectivity index (χ4v) is 3.56. The number of aryl methyl sites for hydroxylation is 3. The Morgan fingerprint density at radius 1 is 1.17 bits per heavy atom. The van der Waals surface area contributed by atoms with Crippen LogP contribution in [-0.4, -0.2) is 16.7 Å². The number of hydrogen-bond acceptors (Lipinski definition) is 5. The Bertz CT molecular complexity index is 924. The number of fused-ring (bicyclic) bond motifs is 1. The summed E-state index contributed by atoms with van der Waals surface area (Å²) in [5.74, 6) is 0.405. The van der Waals surface area contributed by atoms with Crippen LogP contribution in [0.4, 0.5) is 5.69 Å². The van der Waals surface area contributed by atoms with E-state index in [4.69, 9.17) is 4.42 Å². The second kappa shape index (κ2) is 6.57. The minimum Gasteiger partial charge on any atom is -0.441 e. The van der Waals surface area contributed by atoms with Gasteiger partial charge in [0.15, 0.2) is 17.3 Å². The van der Waals surface area contributed by atoms with Crippen molar-refractivity contribution in [1.29, 1.82) is 0 Å². The number of benzene rings is 1. The molecule has 2 aromatic heterocycles. The lowest BCUT2D eigenvalue weighted by molar-refractivity contribution is -0.116. The van der Waals surface area contributed by atoms with Gasteiger partial charge in [0.05, 0.1) is 0 Å². The summed E-state index contributed by atoms with van der Waals surface area (Å²) in [6.07, 6.45) is 0.358. The number of nitrogens with one attached hydrogen (secondary N) is 1. The third kappa shape index (κ3) is 3.54. The standard InChI is InChI=1S/C18H18N2O3S/c1-10-8-14(11(2)24-10)16(21)5-7-18(22)20-13-4-6-17-15(9-13)19-12(3)23-17/h4,6,8-9H,5,7H2,1-3H3,(H,20,22). The Morgan fingerprint density at radius 3 is 2.67 bits per heavy atom.